The Morgan fingerprint density at radius 1 is 1.13 bits per heavy atom. The summed E-state index contributed by atoms with van der Waals surface area (Å²) in [6, 6.07) is 10.2. The standard InChI is InChI=1S/C19H27NO3/c1-13-19(6,22-13)16(21)20-15(12-14-10-8-7-9-11-14)17(2,3)23-18(20,4)5/h7-11,13,15H,12H2,1-6H3/t13-,15+,19+/m1/s1. The predicted octanol–water partition coefficient (Wildman–Crippen LogP) is 3.15. The van der Waals surface area contributed by atoms with Gasteiger partial charge in [-0.15, -0.1) is 0 Å². The van der Waals surface area contributed by atoms with Crippen LogP contribution in [0.3, 0.4) is 0 Å². The van der Waals surface area contributed by atoms with Crippen molar-refractivity contribution in [2.24, 2.45) is 0 Å². The average molecular weight is 317 g/mol. The van der Waals surface area contributed by atoms with Crippen molar-refractivity contribution in [3.8, 4) is 0 Å². The summed E-state index contributed by atoms with van der Waals surface area (Å²) in [5.41, 5.74) is -0.562. The molecule has 3 atom stereocenters. The molecular formula is C19H27NO3. The molecule has 2 saturated heterocycles. The monoisotopic (exact) mass is 317 g/mol. The maximum Gasteiger partial charge on any atom is 0.259 e. The van der Waals surface area contributed by atoms with Crippen LogP contribution in [0.25, 0.3) is 0 Å². The molecule has 1 aromatic rings. The Balaban J connectivity index is 1.94. The zero-order valence-corrected chi connectivity index (χ0v) is 14.9. The molecule has 3 rings (SSSR count). The van der Waals surface area contributed by atoms with Gasteiger partial charge in [0.1, 0.15) is 5.72 Å². The molecule has 1 aromatic carbocycles. The third kappa shape index (κ3) is 2.68. The van der Waals surface area contributed by atoms with Crippen LogP contribution in [-0.4, -0.2) is 39.9 Å². The van der Waals surface area contributed by atoms with Crippen molar-refractivity contribution >= 4 is 5.91 Å². The van der Waals surface area contributed by atoms with Crippen LogP contribution in [0, 0.1) is 0 Å². The van der Waals surface area contributed by atoms with Crippen molar-refractivity contribution in [1.82, 2.24) is 4.90 Å². The zero-order chi connectivity index (χ0) is 17.0. The van der Waals surface area contributed by atoms with Crippen LogP contribution in [-0.2, 0) is 20.7 Å². The number of benzene rings is 1. The fraction of sp³-hybridized carbons (Fsp3) is 0.632. The van der Waals surface area contributed by atoms with Crippen LogP contribution < -0.4 is 0 Å². The van der Waals surface area contributed by atoms with Gasteiger partial charge in [-0.25, -0.2) is 0 Å². The number of hydrogen-bond acceptors (Lipinski definition) is 3. The molecule has 0 aliphatic carbocycles. The van der Waals surface area contributed by atoms with Crippen molar-refractivity contribution < 1.29 is 14.3 Å². The summed E-state index contributed by atoms with van der Waals surface area (Å²) in [7, 11) is 0. The van der Waals surface area contributed by atoms with Gasteiger partial charge < -0.3 is 14.4 Å². The first-order valence-electron chi connectivity index (χ1n) is 8.33. The van der Waals surface area contributed by atoms with E-state index in [0.29, 0.717) is 0 Å². The van der Waals surface area contributed by atoms with Crippen LogP contribution in [0.2, 0.25) is 0 Å². The highest BCUT2D eigenvalue weighted by atomic mass is 16.6. The minimum atomic E-state index is -0.712. The molecule has 23 heavy (non-hydrogen) atoms. The van der Waals surface area contributed by atoms with E-state index < -0.39 is 16.9 Å². The first-order valence-corrected chi connectivity index (χ1v) is 8.33. The van der Waals surface area contributed by atoms with Gasteiger partial charge in [0.15, 0.2) is 5.60 Å². The highest BCUT2D eigenvalue weighted by Crippen LogP contribution is 2.46. The molecule has 0 N–H and O–H groups in total. The maximum atomic E-state index is 13.2. The quantitative estimate of drug-likeness (QED) is 0.804. The lowest BCUT2D eigenvalue weighted by Crippen LogP contribution is -2.54. The maximum absolute atomic E-state index is 13.2. The minimum Gasteiger partial charge on any atom is -0.356 e. The van der Waals surface area contributed by atoms with Crippen LogP contribution in [0.4, 0.5) is 0 Å². The second-order valence-electron chi connectivity index (χ2n) is 7.90. The Morgan fingerprint density at radius 2 is 1.70 bits per heavy atom. The van der Waals surface area contributed by atoms with Crippen molar-refractivity contribution in [3.63, 3.8) is 0 Å². The predicted molar refractivity (Wildman–Crippen MR) is 89.0 cm³/mol. The molecule has 0 aromatic heterocycles. The van der Waals surface area contributed by atoms with Gasteiger partial charge in [0, 0.05) is 0 Å². The third-order valence-electron chi connectivity index (χ3n) is 5.26. The number of hydrogen-bond donors (Lipinski definition) is 0. The van der Waals surface area contributed by atoms with Gasteiger partial charge in [0.25, 0.3) is 5.91 Å². The summed E-state index contributed by atoms with van der Waals surface area (Å²) in [4.78, 5) is 15.1. The highest BCUT2D eigenvalue weighted by Gasteiger charge is 2.63. The van der Waals surface area contributed by atoms with Crippen LogP contribution in [0.5, 0.6) is 0 Å². The van der Waals surface area contributed by atoms with Crippen molar-refractivity contribution in [1.29, 1.82) is 0 Å². The lowest BCUT2D eigenvalue weighted by Gasteiger charge is -2.35. The van der Waals surface area contributed by atoms with E-state index in [0.717, 1.165) is 6.42 Å². The Bertz CT molecular complexity index is 610. The van der Waals surface area contributed by atoms with Crippen molar-refractivity contribution in [2.45, 2.75) is 77.0 Å². The largest absolute Gasteiger partial charge is 0.356 e. The van der Waals surface area contributed by atoms with Gasteiger partial charge in [-0.1, -0.05) is 30.3 Å². The van der Waals surface area contributed by atoms with E-state index in [1.54, 1.807) is 0 Å². The average Bonchev–Trinajstić information content (AvgIpc) is 3.00. The van der Waals surface area contributed by atoms with E-state index in [2.05, 4.69) is 26.0 Å². The molecule has 126 valence electrons. The molecule has 2 heterocycles. The van der Waals surface area contributed by atoms with Gasteiger partial charge in [0.05, 0.1) is 17.7 Å². The van der Waals surface area contributed by atoms with Crippen LogP contribution >= 0.6 is 0 Å². The second-order valence-corrected chi connectivity index (χ2v) is 7.90. The smallest absolute Gasteiger partial charge is 0.259 e. The molecular weight excluding hydrogens is 290 g/mol. The molecule has 4 nitrogen and oxygen atoms in total. The van der Waals surface area contributed by atoms with Crippen LogP contribution in [0.15, 0.2) is 30.3 Å². The Morgan fingerprint density at radius 3 is 2.22 bits per heavy atom. The molecule has 0 spiro atoms. The molecule has 0 unspecified atom stereocenters. The molecule has 0 saturated carbocycles. The highest BCUT2D eigenvalue weighted by molar-refractivity contribution is 5.89. The first kappa shape index (κ1) is 16.5. The molecule has 1 amide bonds. The minimum absolute atomic E-state index is 0.0272. The molecule has 0 radical (unpaired) electrons. The topological polar surface area (TPSA) is 42.1 Å². The van der Waals surface area contributed by atoms with Crippen LogP contribution in [0.1, 0.15) is 47.1 Å². The lowest BCUT2D eigenvalue weighted by molar-refractivity contribution is -0.154. The summed E-state index contributed by atoms with van der Waals surface area (Å²) >= 11 is 0. The number of carbonyl (C=O) groups is 1. The summed E-state index contributed by atoms with van der Waals surface area (Å²) in [5, 5.41) is 0. The number of rotatable bonds is 3. The van der Waals surface area contributed by atoms with Gasteiger partial charge in [-0.05, 0) is 53.5 Å². The normalized spacial score (nSPS) is 34.4. The van der Waals surface area contributed by atoms with E-state index in [1.165, 1.54) is 5.56 Å². The summed E-state index contributed by atoms with van der Waals surface area (Å²) in [6.07, 6.45) is 0.736. The molecule has 0 bridgehead atoms. The number of ether oxygens (including phenoxy) is 2. The Kier molecular flexibility index (Phi) is 3.62. The van der Waals surface area contributed by atoms with E-state index >= 15 is 0 Å². The molecule has 2 fully saturated rings. The Labute approximate surface area is 138 Å². The Hall–Kier alpha value is -1.39. The van der Waals surface area contributed by atoms with E-state index in [4.69, 9.17) is 9.47 Å². The van der Waals surface area contributed by atoms with Gasteiger partial charge in [-0.2, -0.15) is 0 Å². The summed E-state index contributed by atoms with van der Waals surface area (Å²) in [5.74, 6) is 0.0292. The van der Waals surface area contributed by atoms with Crippen molar-refractivity contribution in [3.05, 3.63) is 35.9 Å². The third-order valence-corrected chi connectivity index (χ3v) is 5.26. The van der Waals surface area contributed by atoms with Crippen molar-refractivity contribution in [2.75, 3.05) is 0 Å². The van der Waals surface area contributed by atoms with Gasteiger partial charge in [-0.3, -0.25) is 4.79 Å². The number of nitrogens with zero attached hydrogens (tertiary/aromatic N) is 1. The van der Waals surface area contributed by atoms with E-state index in [-0.39, 0.29) is 18.1 Å². The fourth-order valence-corrected chi connectivity index (χ4v) is 3.80. The van der Waals surface area contributed by atoms with Gasteiger partial charge in [0.2, 0.25) is 0 Å². The number of epoxide rings is 1. The summed E-state index contributed by atoms with van der Waals surface area (Å²) in [6.45, 7) is 11.9. The zero-order valence-electron chi connectivity index (χ0n) is 14.9. The van der Waals surface area contributed by atoms with Gasteiger partial charge >= 0.3 is 0 Å². The molecule has 2 aliphatic rings. The van der Waals surface area contributed by atoms with E-state index in [1.807, 2.05) is 50.8 Å². The first-order chi connectivity index (χ1) is 10.6. The van der Waals surface area contributed by atoms with E-state index in [9.17, 15) is 4.79 Å². The second kappa shape index (κ2) is 5.05. The number of amides is 1. The fourth-order valence-electron chi connectivity index (χ4n) is 3.80. The lowest BCUT2D eigenvalue weighted by atomic mass is 9.90. The SMILES string of the molecule is C[C@H]1O[C@]1(C)C(=O)N1[C@@H](Cc2ccccc2)C(C)(C)OC1(C)C. The molecule has 2 aliphatic heterocycles. The summed E-state index contributed by atoms with van der Waals surface area (Å²) < 4.78 is 11.9. The molecule has 4 heteroatoms. The number of carbonyl (C=O) groups excluding carboxylic acids is 1.